The van der Waals surface area contributed by atoms with Crippen LogP contribution < -0.4 is 15.4 Å². The summed E-state index contributed by atoms with van der Waals surface area (Å²) in [4.78, 5) is 40.0. The zero-order chi connectivity index (χ0) is 23.6. The molecule has 0 spiro atoms. The molecule has 1 aliphatic rings. The largest absolute Gasteiger partial charge is 0.494 e. The van der Waals surface area contributed by atoms with Gasteiger partial charge in [-0.25, -0.2) is 0 Å². The van der Waals surface area contributed by atoms with Crippen LogP contribution in [0.2, 0.25) is 0 Å². The van der Waals surface area contributed by atoms with Crippen molar-refractivity contribution in [3.63, 3.8) is 0 Å². The molecular formula is C25H28N4O4. The number of hydrogen-bond acceptors (Lipinski definition) is 4. The molecular weight excluding hydrogens is 420 g/mol. The first-order valence-corrected chi connectivity index (χ1v) is 11.0. The van der Waals surface area contributed by atoms with E-state index in [0.717, 1.165) is 16.5 Å². The number of para-hydroxylation sites is 2. The average Bonchev–Trinajstić information content (AvgIpc) is 3.19. The molecule has 1 aromatic heterocycles. The monoisotopic (exact) mass is 448 g/mol. The fourth-order valence-electron chi connectivity index (χ4n) is 4.15. The number of nitrogens with zero attached hydrogens (tertiary/aromatic N) is 2. The SMILES string of the molecule is CCOc1ccccc1CNC(=O)CNC(=O)[C@]1(C)Cn2c(cc3ccccc32)C(=O)N1C. The number of ether oxygens (including phenoxy) is 1. The van der Waals surface area contributed by atoms with E-state index in [9.17, 15) is 14.4 Å². The van der Waals surface area contributed by atoms with Crippen molar-refractivity contribution in [1.82, 2.24) is 20.1 Å². The standard InChI is InChI=1S/C25H28N4O4/c1-4-33-21-12-8-6-10-18(21)14-26-22(30)15-27-24(32)25(2)16-29-19-11-7-5-9-17(19)13-20(29)23(31)28(25)3/h5-13H,4,14-16H2,1-3H3,(H,26,30)(H,27,32)/t25-/m0/s1. The van der Waals surface area contributed by atoms with E-state index < -0.39 is 5.54 Å². The summed E-state index contributed by atoms with van der Waals surface area (Å²) in [6, 6.07) is 17.0. The van der Waals surface area contributed by atoms with Crippen molar-refractivity contribution in [2.45, 2.75) is 32.5 Å². The number of carbonyl (C=O) groups is 3. The summed E-state index contributed by atoms with van der Waals surface area (Å²) in [5.41, 5.74) is 1.18. The Kier molecular flexibility index (Phi) is 6.09. The maximum atomic E-state index is 13.1. The first-order chi connectivity index (χ1) is 15.8. The molecule has 3 aromatic rings. The summed E-state index contributed by atoms with van der Waals surface area (Å²) in [5, 5.41) is 6.46. The van der Waals surface area contributed by atoms with Gasteiger partial charge < -0.3 is 24.8 Å². The van der Waals surface area contributed by atoms with Gasteiger partial charge in [0.15, 0.2) is 0 Å². The van der Waals surface area contributed by atoms with E-state index in [4.69, 9.17) is 4.74 Å². The molecule has 2 aromatic carbocycles. The third kappa shape index (κ3) is 4.16. The van der Waals surface area contributed by atoms with Crippen molar-refractivity contribution in [1.29, 1.82) is 0 Å². The van der Waals surface area contributed by atoms with Crippen LogP contribution in [0.1, 0.15) is 29.9 Å². The van der Waals surface area contributed by atoms with Crippen molar-refractivity contribution in [2.24, 2.45) is 0 Å². The van der Waals surface area contributed by atoms with E-state index >= 15 is 0 Å². The van der Waals surface area contributed by atoms with Gasteiger partial charge in [0, 0.05) is 30.1 Å². The highest BCUT2D eigenvalue weighted by molar-refractivity contribution is 6.03. The van der Waals surface area contributed by atoms with Crippen LogP contribution in [0.15, 0.2) is 54.6 Å². The second-order valence-corrected chi connectivity index (χ2v) is 8.31. The summed E-state index contributed by atoms with van der Waals surface area (Å²) < 4.78 is 7.45. The van der Waals surface area contributed by atoms with Crippen molar-refractivity contribution >= 4 is 28.6 Å². The maximum Gasteiger partial charge on any atom is 0.271 e. The van der Waals surface area contributed by atoms with Crippen LogP contribution >= 0.6 is 0 Å². The fourth-order valence-corrected chi connectivity index (χ4v) is 4.15. The molecule has 33 heavy (non-hydrogen) atoms. The van der Waals surface area contributed by atoms with Gasteiger partial charge in [0.05, 0.1) is 19.7 Å². The number of rotatable bonds is 7. The van der Waals surface area contributed by atoms with Crippen LogP contribution in [0.4, 0.5) is 0 Å². The molecule has 0 saturated heterocycles. The highest BCUT2D eigenvalue weighted by Gasteiger charge is 2.45. The smallest absolute Gasteiger partial charge is 0.271 e. The summed E-state index contributed by atoms with van der Waals surface area (Å²) in [7, 11) is 1.62. The van der Waals surface area contributed by atoms with Gasteiger partial charge in [-0.1, -0.05) is 36.4 Å². The summed E-state index contributed by atoms with van der Waals surface area (Å²) in [6.07, 6.45) is 0. The van der Waals surface area contributed by atoms with E-state index in [2.05, 4.69) is 10.6 Å². The van der Waals surface area contributed by atoms with Crippen molar-refractivity contribution in [2.75, 3.05) is 20.2 Å². The van der Waals surface area contributed by atoms with Crippen LogP contribution in [-0.4, -0.2) is 52.9 Å². The number of fused-ring (bicyclic) bond motifs is 3. The number of likely N-dealkylation sites (N-methyl/N-ethyl adjacent to an activating group) is 1. The number of hydrogen-bond donors (Lipinski definition) is 2. The Morgan fingerprint density at radius 3 is 2.61 bits per heavy atom. The molecule has 0 aliphatic carbocycles. The molecule has 8 heteroatoms. The fraction of sp³-hybridized carbons (Fsp3) is 0.320. The average molecular weight is 449 g/mol. The van der Waals surface area contributed by atoms with Gasteiger partial charge in [-0.2, -0.15) is 0 Å². The summed E-state index contributed by atoms with van der Waals surface area (Å²) in [5.74, 6) is -0.220. The minimum Gasteiger partial charge on any atom is -0.494 e. The summed E-state index contributed by atoms with van der Waals surface area (Å²) >= 11 is 0. The van der Waals surface area contributed by atoms with Crippen molar-refractivity contribution < 1.29 is 19.1 Å². The minimum absolute atomic E-state index is 0.188. The Balaban J connectivity index is 1.42. The van der Waals surface area contributed by atoms with Crippen molar-refractivity contribution in [3.05, 3.63) is 65.9 Å². The zero-order valence-electron chi connectivity index (χ0n) is 19.1. The Hall–Kier alpha value is -3.81. The molecule has 172 valence electrons. The molecule has 8 nitrogen and oxygen atoms in total. The first kappa shape index (κ1) is 22.4. The molecule has 4 rings (SSSR count). The second-order valence-electron chi connectivity index (χ2n) is 8.31. The zero-order valence-corrected chi connectivity index (χ0v) is 19.1. The molecule has 1 atom stereocenters. The third-order valence-electron chi connectivity index (χ3n) is 6.19. The molecule has 0 radical (unpaired) electrons. The quantitative estimate of drug-likeness (QED) is 0.580. The molecule has 2 N–H and O–H groups in total. The molecule has 1 aliphatic heterocycles. The normalized spacial score (nSPS) is 17.5. The van der Waals surface area contributed by atoms with Gasteiger partial charge in [0.1, 0.15) is 17.0 Å². The van der Waals surface area contributed by atoms with Crippen LogP contribution in [0, 0.1) is 0 Å². The van der Waals surface area contributed by atoms with E-state index in [0.29, 0.717) is 31.1 Å². The lowest BCUT2D eigenvalue weighted by Gasteiger charge is -2.41. The summed E-state index contributed by atoms with van der Waals surface area (Å²) in [6.45, 7) is 4.55. The van der Waals surface area contributed by atoms with Crippen LogP contribution in [0.5, 0.6) is 5.75 Å². The number of benzene rings is 2. The minimum atomic E-state index is -1.13. The predicted octanol–water partition coefficient (Wildman–Crippen LogP) is 2.32. The lowest BCUT2D eigenvalue weighted by molar-refractivity contribution is -0.134. The van der Waals surface area contributed by atoms with Crippen LogP contribution in [0.25, 0.3) is 10.9 Å². The van der Waals surface area contributed by atoms with Gasteiger partial charge in [0.25, 0.3) is 5.91 Å². The van der Waals surface area contributed by atoms with E-state index in [1.165, 1.54) is 4.90 Å². The van der Waals surface area contributed by atoms with Gasteiger partial charge >= 0.3 is 0 Å². The molecule has 3 amide bonds. The molecule has 0 bridgehead atoms. The number of carbonyl (C=O) groups excluding carboxylic acids is 3. The molecule has 0 unspecified atom stereocenters. The van der Waals surface area contributed by atoms with Gasteiger partial charge in [-0.3, -0.25) is 14.4 Å². The highest BCUT2D eigenvalue weighted by atomic mass is 16.5. The Morgan fingerprint density at radius 1 is 1.09 bits per heavy atom. The molecule has 0 saturated carbocycles. The number of nitrogens with one attached hydrogen (secondary N) is 2. The lowest BCUT2D eigenvalue weighted by Crippen LogP contribution is -2.63. The molecule has 0 fully saturated rings. The first-order valence-electron chi connectivity index (χ1n) is 11.0. The number of amides is 3. The highest BCUT2D eigenvalue weighted by Crippen LogP contribution is 2.31. The predicted molar refractivity (Wildman–Crippen MR) is 125 cm³/mol. The second kappa shape index (κ2) is 8.97. The van der Waals surface area contributed by atoms with Gasteiger partial charge in [-0.05, 0) is 32.0 Å². The van der Waals surface area contributed by atoms with Gasteiger partial charge in [0.2, 0.25) is 11.8 Å². The Labute approximate surface area is 192 Å². The Morgan fingerprint density at radius 2 is 1.82 bits per heavy atom. The van der Waals surface area contributed by atoms with Crippen LogP contribution in [0.3, 0.4) is 0 Å². The topological polar surface area (TPSA) is 92.7 Å². The number of aromatic nitrogens is 1. The van der Waals surface area contributed by atoms with E-state index in [-0.39, 0.29) is 24.3 Å². The van der Waals surface area contributed by atoms with Gasteiger partial charge in [-0.15, -0.1) is 0 Å². The maximum absolute atomic E-state index is 13.1. The molecule has 2 heterocycles. The van der Waals surface area contributed by atoms with E-state index in [1.807, 2.05) is 66.1 Å². The Bertz CT molecular complexity index is 1220. The lowest BCUT2D eigenvalue weighted by atomic mass is 9.95. The van der Waals surface area contributed by atoms with Crippen molar-refractivity contribution in [3.8, 4) is 5.75 Å². The van der Waals surface area contributed by atoms with Crippen LogP contribution in [-0.2, 0) is 22.7 Å². The van der Waals surface area contributed by atoms with E-state index in [1.54, 1.807) is 14.0 Å². The third-order valence-corrected chi connectivity index (χ3v) is 6.19.